The van der Waals surface area contributed by atoms with E-state index in [1.54, 1.807) is 6.07 Å². The number of rotatable bonds is 5. The van der Waals surface area contributed by atoms with Crippen LogP contribution in [0.3, 0.4) is 0 Å². The van der Waals surface area contributed by atoms with E-state index in [1.807, 2.05) is 48.5 Å². The minimum Gasteiger partial charge on any atom is -0.457 e. The Balaban J connectivity index is 1.55. The molecule has 24 heavy (non-hydrogen) atoms. The number of esters is 1. The highest BCUT2D eigenvalue weighted by atomic mass is 16.5. The van der Waals surface area contributed by atoms with Crippen molar-refractivity contribution in [2.75, 3.05) is 13.1 Å². The average Bonchev–Trinajstić information content (AvgIpc) is 2.66. The lowest BCUT2D eigenvalue weighted by molar-refractivity contribution is 0.0472. The second-order valence-corrected chi connectivity index (χ2v) is 5.63. The van der Waals surface area contributed by atoms with E-state index >= 15 is 0 Å². The Kier molecular flexibility index (Phi) is 5.45. The summed E-state index contributed by atoms with van der Waals surface area (Å²) in [6, 6.07) is 17.1. The number of ether oxygens (including phenoxy) is 1. The zero-order valence-electron chi connectivity index (χ0n) is 13.5. The van der Waals surface area contributed by atoms with E-state index in [1.165, 1.54) is 0 Å². The number of guanidine groups is 1. The summed E-state index contributed by atoms with van der Waals surface area (Å²) in [5.74, 6) is 0.507. The fourth-order valence-corrected chi connectivity index (χ4v) is 2.45. The molecular weight excluding hydrogens is 302 g/mol. The summed E-state index contributed by atoms with van der Waals surface area (Å²) in [6.07, 6.45) is 1.06. The van der Waals surface area contributed by atoms with Gasteiger partial charge < -0.3 is 15.4 Å². The molecule has 0 saturated heterocycles. The van der Waals surface area contributed by atoms with Crippen LogP contribution in [0.2, 0.25) is 0 Å². The van der Waals surface area contributed by atoms with E-state index in [-0.39, 0.29) is 12.6 Å². The molecular formula is C19H21N3O2. The summed E-state index contributed by atoms with van der Waals surface area (Å²) in [6.45, 7) is 2.69. The maximum Gasteiger partial charge on any atom is 0.338 e. The molecule has 2 aromatic rings. The first kappa shape index (κ1) is 16.1. The molecule has 5 nitrogen and oxygen atoms in total. The maximum absolute atomic E-state index is 12.2. The fourth-order valence-electron chi connectivity index (χ4n) is 2.45. The fraction of sp³-hybridized carbons (Fsp3) is 0.263. The van der Waals surface area contributed by atoms with Crippen molar-refractivity contribution in [2.45, 2.75) is 19.6 Å². The van der Waals surface area contributed by atoms with Crippen molar-refractivity contribution in [3.63, 3.8) is 0 Å². The highest BCUT2D eigenvalue weighted by molar-refractivity contribution is 5.89. The molecule has 0 unspecified atom stereocenters. The van der Waals surface area contributed by atoms with E-state index in [0.717, 1.165) is 36.6 Å². The lowest BCUT2D eigenvalue weighted by atomic mass is 10.1. The van der Waals surface area contributed by atoms with Crippen molar-refractivity contribution in [2.24, 2.45) is 4.99 Å². The third kappa shape index (κ3) is 4.59. The van der Waals surface area contributed by atoms with Crippen LogP contribution in [0.15, 0.2) is 59.6 Å². The van der Waals surface area contributed by atoms with E-state index in [2.05, 4.69) is 15.6 Å². The van der Waals surface area contributed by atoms with Gasteiger partial charge in [-0.05, 0) is 29.7 Å². The van der Waals surface area contributed by atoms with Crippen LogP contribution in [-0.4, -0.2) is 25.0 Å². The molecule has 3 rings (SSSR count). The quantitative estimate of drug-likeness (QED) is 0.830. The van der Waals surface area contributed by atoms with Crippen molar-refractivity contribution in [1.29, 1.82) is 0 Å². The van der Waals surface area contributed by atoms with Gasteiger partial charge >= 0.3 is 5.97 Å². The zero-order chi connectivity index (χ0) is 16.6. The molecule has 2 N–H and O–H groups in total. The number of hydrogen-bond acceptors (Lipinski definition) is 5. The van der Waals surface area contributed by atoms with Crippen molar-refractivity contribution >= 4 is 11.9 Å². The van der Waals surface area contributed by atoms with Crippen LogP contribution in [0.1, 0.15) is 27.9 Å². The predicted octanol–water partition coefficient (Wildman–Crippen LogP) is 2.48. The molecule has 0 radical (unpaired) electrons. The molecule has 124 valence electrons. The molecule has 2 aromatic carbocycles. The van der Waals surface area contributed by atoms with Crippen molar-refractivity contribution in [3.8, 4) is 0 Å². The molecule has 0 aliphatic carbocycles. The van der Waals surface area contributed by atoms with Gasteiger partial charge in [-0.1, -0.05) is 42.5 Å². The standard InChI is InChI=1S/C19H21N3O2/c23-18(24-14-15-6-2-1-3-7-15)17-9-4-8-16(12-17)13-22-19-20-10-5-11-21-19/h1-4,6-9,12H,5,10-11,13-14H2,(H2,20,21,22). The molecule has 0 amide bonds. The van der Waals surface area contributed by atoms with Crippen molar-refractivity contribution in [1.82, 2.24) is 10.6 Å². The summed E-state index contributed by atoms with van der Waals surface area (Å²) >= 11 is 0. The van der Waals surface area contributed by atoms with Crippen LogP contribution in [0, 0.1) is 0 Å². The van der Waals surface area contributed by atoms with E-state index in [4.69, 9.17) is 4.74 Å². The van der Waals surface area contributed by atoms with Gasteiger partial charge in [-0.2, -0.15) is 0 Å². The normalized spacial score (nSPS) is 13.6. The average molecular weight is 323 g/mol. The van der Waals surface area contributed by atoms with Crippen LogP contribution in [0.5, 0.6) is 0 Å². The number of aliphatic imine (C=N–C) groups is 1. The Hall–Kier alpha value is -2.82. The van der Waals surface area contributed by atoms with Gasteiger partial charge in [0.05, 0.1) is 5.56 Å². The first-order valence-corrected chi connectivity index (χ1v) is 8.13. The SMILES string of the molecule is O=C(OCc1ccccc1)c1cccc(CNC2=NCCCN2)c1. The minimum atomic E-state index is -0.311. The zero-order valence-corrected chi connectivity index (χ0v) is 13.5. The van der Waals surface area contributed by atoms with E-state index in [9.17, 15) is 4.79 Å². The first-order chi connectivity index (χ1) is 11.8. The smallest absolute Gasteiger partial charge is 0.338 e. The van der Waals surface area contributed by atoms with Gasteiger partial charge in [0.15, 0.2) is 5.96 Å². The lowest BCUT2D eigenvalue weighted by Crippen LogP contribution is -2.40. The number of carbonyl (C=O) groups excluding carboxylic acids is 1. The van der Waals surface area contributed by atoms with Crippen LogP contribution in [0.4, 0.5) is 0 Å². The van der Waals surface area contributed by atoms with Gasteiger partial charge in [0.2, 0.25) is 0 Å². The highest BCUT2D eigenvalue weighted by Crippen LogP contribution is 2.09. The number of nitrogens with zero attached hydrogens (tertiary/aromatic N) is 1. The Labute approximate surface area is 141 Å². The summed E-state index contributed by atoms with van der Waals surface area (Å²) in [5.41, 5.74) is 2.55. The van der Waals surface area contributed by atoms with Crippen molar-refractivity contribution < 1.29 is 9.53 Å². The molecule has 0 fully saturated rings. The molecule has 1 aliphatic heterocycles. The van der Waals surface area contributed by atoms with Crippen LogP contribution < -0.4 is 10.6 Å². The number of hydrogen-bond donors (Lipinski definition) is 2. The molecule has 5 heteroatoms. The topological polar surface area (TPSA) is 62.7 Å². The first-order valence-electron chi connectivity index (χ1n) is 8.13. The molecule has 1 aliphatic rings. The second-order valence-electron chi connectivity index (χ2n) is 5.63. The minimum absolute atomic E-state index is 0.281. The number of benzene rings is 2. The Morgan fingerprint density at radius 1 is 1.12 bits per heavy atom. The van der Waals surface area contributed by atoms with Crippen molar-refractivity contribution in [3.05, 3.63) is 71.3 Å². The van der Waals surface area contributed by atoms with Gasteiger partial charge in [-0.15, -0.1) is 0 Å². The molecule has 0 aromatic heterocycles. The summed E-state index contributed by atoms with van der Waals surface area (Å²) in [4.78, 5) is 16.6. The predicted molar refractivity (Wildman–Crippen MR) is 93.8 cm³/mol. The Morgan fingerprint density at radius 2 is 1.96 bits per heavy atom. The molecule has 0 atom stereocenters. The second kappa shape index (κ2) is 8.15. The van der Waals surface area contributed by atoms with Gasteiger partial charge in [0, 0.05) is 19.6 Å². The summed E-state index contributed by atoms with van der Waals surface area (Å²) in [5, 5.41) is 6.46. The molecule has 0 saturated carbocycles. The lowest BCUT2D eigenvalue weighted by Gasteiger charge is -2.16. The number of nitrogens with one attached hydrogen (secondary N) is 2. The van der Waals surface area contributed by atoms with E-state index < -0.39 is 0 Å². The summed E-state index contributed by atoms with van der Waals surface area (Å²) < 4.78 is 5.37. The summed E-state index contributed by atoms with van der Waals surface area (Å²) in [7, 11) is 0. The van der Waals surface area contributed by atoms with E-state index in [0.29, 0.717) is 12.1 Å². The molecule has 1 heterocycles. The Bertz CT molecular complexity index is 714. The Morgan fingerprint density at radius 3 is 2.75 bits per heavy atom. The van der Waals surface area contributed by atoms with Crippen LogP contribution >= 0.6 is 0 Å². The van der Waals surface area contributed by atoms with Gasteiger partial charge in [0.1, 0.15) is 6.61 Å². The van der Waals surface area contributed by atoms with Gasteiger partial charge in [-0.3, -0.25) is 4.99 Å². The van der Waals surface area contributed by atoms with Gasteiger partial charge in [0.25, 0.3) is 0 Å². The van der Waals surface area contributed by atoms with Crippen LogP contribution in [-0.2, 0) is 17.9 Å². The largest absolute Gasteiger partial charge is 0.457 e. The third-order valence-corrected chi connectivity index (χ3v) is 3.73. The highest BCUT2D eigenvalue weighted by Gasteiger charge is 2.09. The van der Waals surface area contributed by atoms with Crippen LogP contribution in [0.25, 0.3) is 0 Å². The number of carbonyl (C=O) groups is 1. The van der Waals surface area contributed by atoms with Gasteiger partial charge in [-0.25, -0.2) is 4.79 Å². The molecule has 0 spiro atoms. The maximum atomic E-state index is 12.2. The monoisotopic (exact) mass is 323 g/mol. The molecule has 0 bridgehead atoms. The third-order valence-electron chi connectivity index (χ3n) is 3.73.